The number of carbonyl (C=O) groups is 1. The van der Waals surface area contributed by atoms with Crippen LogP contribution in [-0.2, 0) is 4.74 Å². The molecule has 0 radical (unpaired) electrons. The Morgan fingerprint density at radius 2 is 2.25 bits per heavy atom. The van der Waals surface area contributed by atoms with E-state index in [2.05, 4.69) is 22.9 Å². The second kappa shape index (κ2) is 10.6. The summed E-state index contributed by atoms with van der Waals surface area (Å²) in [5, 5.41) is 0. The topological polar surface area (TPSA) is 26.3 Å². The first kappa shape index (κ1) is 15.9. The summed E-state index contributed by atoms with van der Waals surface area (Å²) in [6.07, 6.45) is 0.968. The van der Waals surface area contributed by atoms with E-state index in [0.29, 0.717) is 0 Å². The second-order valence-electron chi connectivity index (χ2n) is 0.522. The van der Waals surface area contributed by atoms with Crippen molar-refractivity contribution in [1.29, 1.82) is 0 Å². The zero-order valence-electron chi connectivity index (χ0n) is 8.56. The number of rotatable bonds is 1. The average Bonchev–Trinajstić information content (AvgIpc) is 1.35. The van der Waals surface area contributed by atoms with E-state index in [1.165, 1.54) is 0 Å². The van der Waals surface area contributed by atoms with Crippen molar-refractivity contribution in [2.45, 2.75) is 0 Å². The van der Waals surface area contributed by atoms with Crippen molar-refractivity contribution in [1.82, 2.24) is 0 Å². The monoisotopic (exact) mass is 144 g/mol. The number of hydrogen-bond donors (Lipinski definition) is 0. The number of halogens is 1. The van der Waals surface area contributed by atoms with Gasteiger partial charge in [-0.3, -0.25) is 0 Å². The summed E-state index contributed by atoms with van der Waals surface area (Å²) in [5.74, 6) is 0. The van der Waals surface area contributed by atoms with Crippen molar-refractivity contribution in [3.8, 4) is 0 Å². The first-order valence-corrected chi connectivity index (χ1v) is 1.62. The Labute approximate surface area is 81.5 Å². The van der Waals surface area contributed by atoms with Crippen LogP contribution < -0.4 is 18.9 Å². The Morgan fingerprint density at radius 3 is 2.25 bits per heavy atom. The van der Waals surface area contributed by atoms with Gasteiger partial charge in [-0.15, -0.1) is 0 Å². The van der Waals surface area contributed by atoms with E-state index in [1.807, 2.05) is 0 Å². The third-order valence-electron chi connectivity index (χ3n) is 0.176. The van der Waals surface area contributed by atoms with Gasteiger partial charge in [0.1, 0.15) is 0 Å². The molecular formula is C3H7AlClLiO2. The van der Waals surface area contributed by atoms with E-state index in [1.54, 1.807) is 0 Å². The molecule has 0 saturated heterocycles. The molecule has 0 aromatic rings. The molecule has 8 heavy (non-hydrogen) atoms. The van der Waals surface area contributed by atoms with E-state index in [4.69, 9.17) is 0 Å². The van der Waals surface area contributed by atoms with Crippen molar-refractivity contribution in [2.24, 2.45) is 0 Å². The molecule has 0 spiro atoms. The summed E-state index contributed by atoms with van der Waals surface area (Å²) in [5.41, 5.74) is -0.856. The van der Waals surface area contributed by atoms with Crippen molar-refractivity contribution in [3.05, 3.63) is 12.8 Å². The number of ether oxygens (including phenoxy) is 1. The molecule has 0 aliphatic heterocycles. The van der Waals surface area contributed by atoms with E-state index >= 15 is 0 Å². The van der Waals surface area contributed by atoms with Crippen LogP contribution in [0.2, 0.25) is 0 Å². The second-order valence-corrected chi connectivity index (χ2v) is 0.831. The van der Waals surface area contributed by atoms with Gasteiger partial charge in [-0.25, -0.2) is 4.79 Å². The predicted molar refractivity (Wildman–Crippen MR) is 32.7 cm³/mol. The van der Waals surface area contributed by atoms with Crippen LogP contribution in [0.1, 0.15) is 5.71 Å². The normalized spacial score (nSPS) is 5.12. The molecule has 0 amide bonds. The molecule has 0 aromatic heterocycles. The van der Waals surface area contributed by atoms with Gasteiger partial charge in [0.15, 0.2) is 0 Å². The van der Waals surface area contributed by atoms with Gasteiger partial charge in [-0.1, -0.05) is 6.58 Å². The van der Waals surface area contributed by atoms with Crippen LogP contribution in [0.5, 0.6) is 0 Å². The molecule has 0 unspecified atom stereocenters. The van der Waals surface area contributed by atoms with Gasteiger partial charge in [0.05, 0.1) is 6.26 Å². The molecule has 0 atom stereocenters. The maximum Gasteiger partial charge on any atom is 3.00 e. The summed E-state index contributed by atoms with van der Waals surface area (Å²) in [4.78, 5) is 9.52. The van der Waals surface area contributed by atoms with Gasteiger partial charge >= 0.3 is 41.7 Å². The molecule has 42 valence electrons. The van der Waals surface area contributed by atoms with Gasteiger partial charge in [0, 0.05) is 11.6 Å². The minimum atomic E-state index is -0.856. The Hall–Kier alpha value is 0.630. The molecule has 0 aromatic carbocycles. The molecule has 0 N–H and O–H groups in total. The van der Waals surface area contributed by atoms with Gasteiger partial charge in [-0.05, 0) is 0 Å². The molecule has 0 rings (SSSR count). The molecule has 0 aliphatic rings. The average molecular weight is 144 g/mol. The third kappa shape index (κ3) is 15.9. The Morgan fingerprint density at radius 1 is 1.88 bits per heavy atom. The SMILES string of the molecule is C=COC(=O)Cl.[Al+3].[H-].[H-].[H-].[H-].[Li+]. The quantitative estimate of drug-likeness (QED) is 0.257. The van der Waals surface area contributed by atoms with Gasteiger partial charge in [-0.2, -0.15) is 0 Å². The van der Waals surface area contributed by atoms with Crippen molar-refractivity contribution in [3.63, 3.8) is 0 Å². The van der Waals surface area contributed by atoms with Crippen LogP contribution in [0, 0.1) is 0 Å². The minimum Gasteiger partial charge on any atom is -1.00 e. The maximum atomic E-state index is 9.52. The first-order valence-electron chi connectivity index (χ1n) is 1.24. The molecular weight excluding hydrogens is 137 g/mol. The van der Waals surface area contributed by atoms with Gasteiger partial charge < -0.3 is 10.4 Å². The van der Waals surface area contributed by atoms with Gasteiger partial charge in [0.2, 0.25) is 0 Å². The van der Waals surface area contributed by atoms with Crippen LogP contribution in [-0.4, -0.2) is 22.8 Å². The van der Waals surface area contributed by atoms with E-state index < -0.39 is 5.43 Å². The Bertz CT molecular complexity index is 88.7. The summed E-state index contributed by atoms with van der Waals surface area (Å²) in [6.45, 7) is 3.07. The molecule has 0 bridgehead atoms. The fraction of sp³-hybridized carbons (Fsp3) is 0. The molecule has 0 aliphatic carbocycles. The maximum absolute atomic E-state index is 9.52. The fourth-order valence-corrected chi connectivity index (χ4v) is 0.129. The van der Waals surface area contributed by atoms with E-state index in [9.17, 15) is 4.79 Å². The largest absolute Gasteiger partial charge is 3.00 e. The zero-order chi connectivity index (χ0) is 4.99. The fourth-order valence-electron chi connectivity index (χ4n) is 0.0655. The molecule has 0 heterocycles. The van der Waals surface area contributed by atoms with E-state index in [0.717, 1.165) is 6.26 Å². The van der Waals surface area contributed by atoms with Crippen LogP contribution in [0.4, 0.5) is 4.79 Å². The minimum absolute atomic E-state index is 0. The predicted octanol–water partition coefficient (Wildman–Crippen LogP) is -1.42. The molecule has 0 saturated carbocycles. The van der Waals surface area contributed by atoms with Crippen molar-refractivity contribution >= 4 is 34.4 Å². The molecule has 0 fully saturated rings. The zero-order valence-corrected chi connectivity index (χ0v) is 6.47. The summed E-state index contributed by atoms with van der Waals surface area (Å²) < 4.78 is 3.93. The molecule has 2 nitrogen and oxygen atoms in total. The van der Waals surface area contributed by atoms with E-state index in [-0.39, 0.29) is 41.9 Å². The van der Waals surface area contributed by atoms with Gasteiger partial charge in [0.25, 0.3) is 0 Å². The van der Waals surface area contributed by atoms with Crippen molar-refractivity contribution < 1.29 is 34.1 Å². The standard InChI is InChI=1S/C3H3ClO2.Al.Li.4H/c1-2-6-3(4)5;;;;;;/h2H,1H2;;;;;;/q;+3;+1;4*-1. The summed E-state index contributed by atoms with van der Waals surface area (Å²) >= 11 is 4.65. The molecule has 5 heteroatoms. The Balaban J connectivity index is -0.00000000833. The third-order valence-corrected chi connectivity index (χ3v) is 0.265. The Kier molecular flexibility index (Phi) is 21.0. The number of hydrogen-bond acceptors (Lipinski definition) is 2. The van der Waals surface area contributed by atoms with Crippen LogP contribution in [0.3, 0.4) is 0 Å². The van der Waals surface area contributed by atoms with Crippen LogP contribution >= 0.6 is 11.6 Å². The van der Waals surface area contributed by atoms with Crippen LogP contribution in [0.25, 0.3) is 0 Å². The summed E-state index contributed by atoms with van der Waals surface area (Å²) in [7, 11) is 0. The summed E-state index contributed by atoms with van der Waals surface area (Å²) in [6, 6.07) is 0. The first-order chi connectivity index (χ1) is 2.77. The smallest absolute Gasteiger partial charge is 1.00 e. The number of carbonyl (C=O) groups excluding carboxylic acids is 1. The van der Waals surface area contributed by atoms with Crippen LogP contribution in [0.15, 0.2) is 12.8 Å². The van der Waals surface area contributed by atoms with Crippen molar-refractivity contribution in [2.75, 3.05) is 0 Å².